The van der Waals surface area contributed by atoms with Gasteiger partial charge in [-0.05, 0) is 54.2 Å². The molecule has 28 heavy (non-hydrogen) atoms. The number of hydrogen-bond acceptors (Lipinski definition) is 3. The molecule has 3 N–H and O–H groups in total. The Balaban J connectivity index is 1.71. The van der Waals surface area contributed by atoms with Crippen LogP contribution in [0.3, 0.4) is 0 Å². The average molecular weight is 389 g/mol. The summed E-state index contributed by atoms with van der Waals surface area (Å²) >= 11 is 0. The van der Waals surface area contributed by atoms with E-state index in [0.717, 1.165) is 32.1 Å². The standard InChI is InChI=1S/C22H25F2NO3/c23-17-9-6-14(7-10-17)16-8-11-18(19(24)12-16)22(28)25-20(13-26)21(27)15-4-2-1-3-5-15/h6-12,15,20-21,26-27H,1-5,13H2,(H,25,28). The van der Waals surface area contributed by atoms with Crippen molar-refractivity contribution in [3.63, 3.8) is 0 Å². The van der Waals surface area contributed by atoms with Gasteiger partial charge in [-0.15, -0.1) is 0 Å². The summed E-state index contributed by atoms with van der Waals surface area (Å²) in [5.74, 6) is -1.76. The van der Waals surface area contributed by atoms with Gasteiger partial charge in [-0.3, -0.25) is 4.79 Å². The summed E-state index contributed by atoms with van der Waals surface area (Å²) in [5, 5.41) is 22.7. The van der Waals surface area contributed by atoms with Gasteiger partial charge in [0.15, 0.2) is 0 Å². The fourth-order valence-electron chi connectivity index (χ4n) is 3.81. The highest BCUT2D eigenvalue weighted by molar-refractivity contribution is 5.95. The quantitative estimate of drug-likeness (QED) is 0.706. The normalized spacial score (nSPS) is 17.1. The molecule has 2 unspecified atom stereocenters. The molecule has 150 valence electrons. The molecular formula is C22H25F2NO3. The highest BCUT2D eigenvalue weighted by Gasteiger charge is 2.30. The fraction of sp³-hybridized carbons (Fsp3) is 0.409. The maximum Gasteiger partial charge on any atom is 0.254 e. The minimum atomic E-state index is -0.865. The Bertz CT molecular complexity index is 804. The van der Waals surface area contributed by atoms with Gasteiger partial charge in [-0.25, -0.2) is 8.78 Å². The Morgan fingerprint density at radius 1 is 1.04 bits per heavy atom. The lowest BCUT2D eigenvalue weighted by Gasteiger charge is -2.31. The first kappa shape index (κ1) is 20.4. The van der Waals surface area contributed by atoms with Crippen LogP contribution in [0.2, 0.25) is 0 Å². The van der Waals surface area contributed by atoms with Crippen LogP contribution in [0, 0.1) is 17.6 Å². The minimum absolute atomic E-state index is 0.0249. The lowest BCUT2D eigenvalue weighted by molar-refractivity contribution is 0.0278. The molecule has 2 aromatic rings. The van der Waals surface area contributed by atoms with Crippen molar-refractivity contribution < 1.29 is 23.8 Å². The maximum atomic E-state index is 14.5. The highest BCUT2D eigenvalue weighted by Crippen LogP contribution is 2.28. The Labute approximate surface area is 163 Å². The van der Waals surface area contributed by atoms with E-state index in [-0.39, 0.29) is 17.3 Å². The number of amides is 1. The molecule has 0 heterocycles. The zero-order valence-electron chi connectivity index (χ0n) is 15.6. The van der Waals surface area contributed by atoms with Gasteiger partial charge in [0.2, 0.25) is 0 Å². The minimum Gasteiger partial charge on any atom is -0.394 e. The number of carbonyl (C=O) groups excluding carboxylic acids is 1. The van der Waals surface area contributed by atoms with E-state index in [1.807, 2.05) is 0 Å². The second-order valence-electron chi connectivity index (χ2n) is 7.35. The molecule has 0 saturated heterocycles. The molecule has 3 rings (SSSR count). The molecule has 2 atom stereocenters. The number of hydrogen-bond donors (Lipinski definition) is 3. The van der Waals surface area contributed by atoms with Crippen molar-refractivity contribution in [2.45, 2.75) is 44.2 Å². The summed E-state index contributed by atoms with van der Waals surface area (Å²) in [6, 6.07) is 8.94. The van der Waals surface area contributed by atoms with Gasteiger partial charge < -0.3 is 15.5 Å². The largest absolute Gasteiger partial charge is 0.394 e. The summed E-state index contributed by atoms with van der Waals surface area (Å²) in [6.45, 7) is -0.418. The van der Waals surface area contributed by atoms with Crippen LogP contribution in [0.5, 0.6) is 0 Å². The maximum absolute atomic E-state index is 14.5. The van der Waals surface area contributed by atoms with Crippen molar-refractivity contribution in [2.24, 2.45) is 5.92 Å². The van der Waals surface area contributed by atoms with Gasteiger partial charge in [0.1, 0.15) is 11.6 Å². The van der Waals surface area contributed by atoms with E-state index in [2.05, 4.69) is 5.32 Å². The molecule has 2 aromatic carbocycles. The predicted octanol–water partition coefficient (Wildman–Crippen LogP) is 3.66. The number of rotatable bonds is 6. The third kappa shape index (κ3) is 4.75. The summed E-state index contributed by atoms with van der Waals surface area (Å²) in [5.41, 5.74) is 0.989. The first-order valence-corrected chi connectivity index (χ1v) is 9.65. The molecule has 1 saturated carbocycles. The third-order valence-electron chi connectivity index (χ3n) is 5.45. The number of nitrogens with one attached hydrogen (secondary N) is 1. The van der Waals surface area contributed by atoms with Gasteiger partial charge in [0.25, 0.3) is 5.91 Å². The Morgan fingerprint density at radius 2 is 1.68 bits per heavy atom. The Hall–Kier alpha value is -2.31. The summed E-state index contributed by atoms with van der Waals surface area (Å²) in [4.78, 5) is 12.5. The van der Waals surface area contributed by atoms with Crippen molar-refractivity contribution in [2.75, 3.05) is 6.61 Å². The second-order valence-corrected chi connectivity index (χ2v) is 7.35. The molecule has 0 aliphatic heterocycles. The van der Waals surface area contributed by atoms with Crippen molar-refractivity contribution in [1.29, 1.82) is 0 Å². The number of aliphatic hydroxyl groups excluding tert-OH is 2. The highest BCUT2D eigenvalue weighted by atomic mass is 19.1. The zero-order chi connectivity index (χ0) is 20.1. The molecule has 0 radical (unpaired) electrons. The van der Waals surface area contributed by atoms with Crippen molar-refractivity contribution in [1.82, 2.24) is 5.32 Å². The van der Waals surface area contributed by atoms with Gasteiger partial charge in [-0.1, -0.05) is 37.5 Å². The van der Waals surface area contributed by atoms with E-state index in [1.165, 1.54) is 36.4 Å². The van der Waals surface area contributed by atoms with Gasteiger partial charge in [0.05, 0.1) is 24.3 Å². The Kier molecular flexibility index (Phi) is 6.75. The van der Waals surface area contributed by atoms with E-state index in [0.29, 0.717) is 11.1 Å². The predicted molar refractivity (Wildman–Crippen MR) is 103 cm³/mol. The van der Waals surface area contributed by atoms with E-state index >= 15 is 0 Å². The number of halogens is 2. The van der Waals surface area contributed by atoms with Crippen LogP contribution in [-0.2, 0) is 0 Å². The SMILES string of the molecule is O=C(NC(CO)C(O)C1CCCCC1)c1ccc(-c2ccc(F)cc2)cc1F. The zero-order valence-corrected chi connectivity index (χ0v) is 15.6. The van der Waals surface area contributed by atoms with E-state index < -0.39 is 30.5 Å². The molecule has 0 bridgehead atoms. The molecule has 1 aliphatic rings. The Morgan fingerprint density at radius 3 is 2.29 bits per heavy atom. The number of benzene rings is 2. The molecule has 0 spiro atoms. The van der Waals surface area contributed by atoms with E-state index in [9.17, 15) is 23.8 Å². The molecule has 0 aromatic heterocycles. The second kappa shape index (κ2) is 9.26. The van der Waals surface area contributed by atoms with Crippen molar-refractivity contribution in [3.05, 3.63) is 59.7 Å². The molecule has 1 amide bonds. The molecule has 1 fully saturated rings. The topological polar surface area (TPSA) is 69.6 Å². The van der Waals surface area contributed by atoms with E-state index in [4.69, 9.17) is 0 Å². The van der Waals surface area contributed by atoms with Crippen LogP contribution in [0.4, 0.5) is 8.78 Å². The third-order valence-corrected chi connectivity index (χ3v) is 5.45. The lowest BCUT2D eigenvalue weighted by Crippen LogP contribution is -2.49. The average Bonchev–Trinajstić information content (AvgIpc) is 2.72. The van der Waals surface area contributed by atoms with Crippen molar-refractivity contribution >= 4 is 5.91 Å². The van der Waals surface area contributed by atoms with Gasteiger partial charge in [-0.2, -0.15) is 0 Å². The lowest BCUT2D eigenvalue weighted by atomic mass is 9.82. The number of aliphatic hydroxyl groups is 2. The smallest absolute Gasteiger partial charge is 0.254 e. The fourth-order valence-corrected chi connectivity index (χ4v) is 3.81. The van der Waals surface area contributed by atoms with Crippen molar-refractivity contribution in [3.8, 4) is 11.1 Å². The summed E-state index contributed by atoms with van der Waals surface area (Å²) in [6.07, 6.45) is 4.02. The van der Waals surface area contributed by atoms with Crippen LogP contribution < -0.4 is 5.32 Å². The van der Waals surface area contributed by atoms with Crippen LogP contribution >= 0.6 is 0 Å². The monoisotopic (exact) mass is 389 g/mol. The van der Waals surface area contributed by atoms with Gasteiger partial charge in [0, 0.05) is 0 Å². The number of carbonyl (C=O) groups is 1. The van der Waals surface area contributed by atoms with Crippen LogP contribution in [0.15, 0.2) is 42.5 Å². The van der Waals surface area contributed by atoms with E-state index in [1.54, 1.807) is 6.07 Å². The van der Waals surface area contributed by atoms with Gasteiger partial charge >= 0.3 is 0 Å². The summed E-state index contributed by atoms with van der Waals surface area (Å²) in [7, 11) is 0. The molecule has 6 heteroatoms. The first-order valence-electron chi connectivity index (χ1n) is 9.65. The van der Waals surface area contributed by atoms with Crippen LogP contribution in [-0.4, -0.2) is 34.9 Å². The van der Waals surface area contributed by atoms with Crippen LogP contribution in [0.1, 0.15) is 42.5 Å². The summed E-state index contributed by atoms with van der Waals surface area (Å²) < 4.78 is 27.6. The first-order chi connectivity index (χ1) is 13.5. The molecule has 1 aliphatic carbocycles. The molecule has 4 nitrogen and oxygen atoms in total. The van der Waals surface area contributed by atoms with Crippen LogP contribution in [0.25, 0.3) is 11.1 Å². The molecular weight excluding hydrogens is 364 g/mol.